The maximum atomic E-state index is 13.1. The average Bonchev–Trinajstić information content (AvgIpc) is 3.23. The number of rotatable bonds is 4. The van der Waals surface area contributed by atoms with Gasteiger partial charge in [-0.05, 0) is 31.2 Å². The number of aromatic amines is 1. The molecule has 6 heteroatoms. The van der Waals surface area contributed by atoms with Crippen molar-refractivity contribution in [3.05, 3.63) is 54.2 Å². The molecular weight excluding hydrogens is 316 g/mol. The highest BCUT2D eigenvalue weighted by atomic mass is 16.5. The van der Waals surface area contributed by atoms with E-state index in [2.05, 4.69) is 14.5 Å². The number of benzene rings is 1. The second-order valence-corrected chi connectivity index (χ2v) is 6.49. The van der Waals surface area contributed by atoms with Crippen LogP contribution in [0.1, 0.15) is 23.1 Å². The van der Waals surface area contributed by atoms with Gasteiger partial charge in [-0.2, -0.15) is 0 Å². The summed E-state index contributed by atoms with van der Waals surface area (Å²) in [4.78, 5) is 22.6. The van der Waals surface area contributed by atoms with Gasteiger partial charge in [0.1, 0.15) is 5.82 Å². The third kappa shape index (κ3) is 3.17. The fourth-order valence-corrected chi connectivity index (χ4v) is 3.45. The number of ether oxygens (including phenoxy) is 1. The summed E-state index contributed by atoms with van der Waals surface area (Å²) in [5.41, 5.74) is 1.75. The average molecular weight is 338 g/mol. The van der Waals surface area contributed by atoms with Gasteiger partial charge in [0, 0.05) is 60.7 Å². The first-order chi connectivity index (χ1) is 12.2. The van der Waals surface area contributed by atoms with Crippen LogP contribution in [0.15, 0.2) is 42.9 Å². The second kappa shape index (κ2) is 6.72. The predicted molar refractivity (Wildman–Crippen MR) is 95.2 cm³/mol. The molecule has 0 fully saturated rings. The van der Waals surface area contributed by atoms with Crippen molar-refractivity contribution in [3.63, 3.8) is 0 Å². The van der Waals surface area contributed by atoms with Crippen molar-refractivity contribution in [2.45, 2.75) is 20.0 Å². The van der Waals surface area contributed by atoms with Gasteiger partial charge in [0.05, 0.1) is 13.2 Å². The molecule has 6 nitrogen and oxygen atoms in total. The van der Waals surface area contributed by atoms with Crippen LogP contribution in [0.2, 0.25) is 0 Å². The fraction of sp³-hybridized carbons (Fsp3) is 0.368. The van der Waals surface area contributed by atoms with E-state index in [1.54, 1.807) is 6.20 Å². The van der Waals surface area contributed by atoms with E-state index in [9.17, 15) is 4.79 Å². The van der Waals surface area contributed by atoms with Gasteiger partial charge in [0.2, 0.25) is 0 Å². The molecule has 1 N–H and O–H groups in total. The number of nitrogens with zero attached hydrogens (tertiary/aromatic N) is 3. The number of carbonyl (C=O) groups is 1. The zero-order chi connectivity index (χ0) is 17.2. The lowest BCUT2D eigenvalue weighted by Gasteiger charge is -2.24. The molecule has 1 aliphatic heterocycles. The number of aromatic nitrogens is 3. The summed E-state index contributed by atoms with van der Waals surface area (Å²) < 4.78 is 7.76. The molecule has 0 aliphatic carbocycles. The maximum absolute atomic E-state index is 13.1. The number of amides is 1. The molecule has 4 rings (SSSR count). The molecule has 0 unspecified atom stereocenters. The monoisotopic (exact) mass is 338 g/mol. The number of H-pyrrole nitrogens is 1. The number of fused-ring (bicyclic) bond motifs is 2. The van der Waals surface area contributed by atoms with E-state index in [1.165, 1.54) is 0 Å². The van der Waals surface area contributed by atoms with Gasteiger partial charge in [-0.1, -0.05) is 0 Å². The van der Waals surface area contributed by atoms with E-state index in [-0.39, 0.29) is 11.8 Å². The molecule has 0 bridgehead atoms. The summed E-state index contributed by atoms with van der Waals surface area (Å²) in [7, 11) is 0. The third-order valence-corrected chi connectivity index (χ3v) is 4.71. The highest BCUT2D eigenvalue weighted by molar-refractivity contribution is 5.98. The Balaban J connectivity index is 1.61. The van der Waals surface area contributed by atoms with E-state index in [4.69, 9.17) is 4.74 Å². The molecular formula is C19H22N4O2. The summed E-state index contributed by atoms with van der Waals surface area (Å²) in [6.45, 7) is 5.36. The van der Waals surface area contributed by atoms with Crippen LogP contribution in [0.25, 0.3) is 10.9 Å². The molecule has 0 saturated heterocycles. The van der Waals surface area contributed by atoms with Gasteiger partial charge < -0.3 is 19.2 Å². The lowest BCUT2D eigenvalue weighted by molar-refractivity contribution is 0.0618. The number of hydrogen-bond donors (Lipinski definition) is 1. The molecule has 130 valence electrons. The van der Waals surface area contributed by atoms with Gasteiger partial charge in [0.15, 0.2) is 0 Å². The molecule has 2 aromatic heterocycles. The third-order valence-electron chi connectivity index (χ3n) is 4.71. The zero-order valence-electron chi connectivity index (χ0n) is 14.3. The van der Waals surface area contributed by atoms with Gasteiger partial charge in [-0.15, -0.1) is 0 Å². The normalized spacial score (nSPS) is 17.5. The van der Waals surface area contributed by atoms with Crippen molar-refractivity contribution in [2.75, 3.05) is 19.8 Å². The lowest BCUT2D eigenvalue weighted by atomic mass is 10.1. The van der Waals surface area contributed by atoms with Crippen molar-refractivity contribution in [3.8, 4) is 0 Å². The zero-order valence-corrected chi connectivity index (χ0v) is 14.3. The van der Waals surface area contributed by atoms with Crippen molar-refractivity contribution >= 4 is 16.8 Å². The minimum absolute atomic E-state index is 0.0426. The van der Waals surface area contributed by atoms with Crippen LogP contribution in [-0.4, -0.2) is 45.1 Å². The Labute approximate surface area is 146 Å². The first-order valence-electron chi connectivity index (χ1n) is 8.68. The Morgan fingerprint density at radius 1 is 1.36 bits per heavy atom. The summed E-state index contributed by atoms with van der Waals surface area (Å²) in [5, 5.41) is 1.05. The van der Waals surface area contributed by atoms with E-state index in [0.29, 0.717) is 31.9 Å². The fourth-order valence-electron chi connectivity index (χ4n) is 3.45. The molecule has 1 aromatic carbocycles. The van der Waals surface area contributed by atoms with E-state index in [1.807, 2.05) is 48.5 Å². The highest BCUT2D eigenvalue weighted by Crippen LogP contribution is 2.20. The quantitative estimate of drug-likeness (QED) is 0.795. The van der Waals surface area contributed by atoms with Crippen LogP contribution in [0.3, 0.4) is 0 Å². The molecule has 1 amide bonds. The van der Waals surface area contributed by atoms with E-state index < -0.39 is 0 Å². The molecule has 25 heavy (non-hydrogen) atoms. The first-order valence-corrected chi connectivity index (χ1v) is 8.68. The Bertz CT molecular complexity index is 882. The van der Waals surface area contributed by atoms with Gasteiger partial charge >= 0.3 is 0 Å². The van der Waals surface area contributed by atoms with Crippen LogP contribution < -0.4 is 0 Å². The van der Waals surface area contributed by atoms with Crippen LogP contribution in [-0.2, 0) is 17.8 Å². The lowest BCUT2D eigenvalue weighted by Crippen LogP contribution is -2.35. The van der Waals surface area contributed by atoms with Gasteiger partial charge in [0.25, 0.3) is 5.91 Å². The number of imidazole rings is 1. The standard InChI is InChI=1S/C19H22N4O2/c1-2-25-13-14-10-22-8-7-21-18(22)12-23(11-14)19(24)16-3-4-17-15(9-16)5-6-20-17/h3-9,14,20H,2,10-13H2,1H3/t14-/m0/s1. The molecule has 1 aliphatic rings. The van der Waals surface area contributed by atoms with E-state index in [0.717, 1.165) is 23.3 Å². The van der Waals surface area contributed by atoms with E-state index >= 15 is 0 Å². The SMILES string of the molecule is CCOC[C@@H]1CN(C(=O)c2ccc3[nH]ccc3c2)Cc2nccn2C1. The topological polar surface area (TPSA) is 63.1 Å². The minimum atomic E-state index is 0.0426. The van der Waals surface area contributed by atoms with Crippen LogP contribution in [0.4, 0.5) is 0 Å². The first kappa shape index (κ1) is 15.9. The summed E-state index contributed by atoms with van der Waals surface area (Å²) in [5.74, 6) is 1.23. The minimum Gasteiger partial charge on any atom is -0.381 e. The van der Waals surface area contributed by atoms with Crippen molar-refractivity contribution < 1.29 is 9.53 Å². The molecule has 0 saturated carbocycles. The summed E-state index contributed by atoms with van der Waals surface area (Å²) in [6, 6.07) is 7.78. The molecule has 3 heterocycles. The summed E-state index contributed by atoms with van der Waals surface area (Å²) in [6.07, 6.45) is 5.67. The Kier molecular flexibility index (Phi) is 4.28. The maximum Gasteiger partial charge on any atom is 0.254 e. The Hall–Kier alpha value is -2.60. The molecule has 0 spiro atoms. The molecule has 3 aromatic rings. The second-order valence-electron chi connectivity index (χ2n) is 6.49. The van der Waals surface area contributed by atoms with Crippen molar-refractivity contribution in [1.29, 1.82) is 0 Å². The van der Waals surface area contributed by atoms with Gasteiger partial charge in [-0.3, -0.25) is 4.79 Å². The van der Waals surface area contributed by atoms with Crippen LogP contribution in [0.5, 0.6) is 0 Å². The van der Waals surface area contributed by atoms with Crippen LogP contribution >= 0.6 is 0 Å². The number of nitrogens with one attached hydrogen (secondary N) is 1. The largest absolute Gasteiger partial charge is 0.381 e. The number of hydrogen-bond acceptors (Lipinski definition) is 3. The predicted octanol–water partition coefficient (Wildman–Crippen LogP) is 2.67. The smallest absolute Gasteiger partial charge is 0.254 e. The highest BCUT2D eigenvalue weighted by Gasteiger charge is 2.26. The van der Waals surface area contributed by atoms with Crippen LogP contribution in [0, 0.1) is 5.92 Å². The number of carbonyl (C=O) groups excluding carboxylic acids is 1. The Morgan fingerprint density at radius 2 is 2.28 bits per heavy atom. The van der Waals surface area contributed by atoms with Gasteiger partial charge in [-0.25, -0.2) is 4.98 Å². The molecule has 0 radical (unpaired) electrons. The Morgan fingerprint density at radius 3 is 3.16 bits per heavy atom. The molecule has 1 atom stereocenters. The van der Waals surface area contributed by atoms with Crippen molar-refractivity contribution in [1.82, 2.24) is 19.4 Å². The summed E-state index contributed by atoms with van der Waals surface area (Å²) >= 11 is 0. The van der Waals surface area contributed by atoms with Crippen molar-refractivity contribution in [2.24, 2.45) is 5.92 Å².